The number of hydrogen-bond acceptors (Lipinski definition) is 1. The van der Waals surface area contributed by atoms with E-state index in [9.17, 15) is 4.79 Å². The van der Waals surface area contributed by atoms with Crippen molar-refractivity contribution in [2.24, 2.45) is 11.8 Å². The quantitative estimate of drug-likeness (QED) is 0.636. The highest BCUT2D eigenvalue weighted by molar-refractivity contribution is 5.75. The van der Waals surface area contributed by atoms with E-state index in [1.807, 2.05) is 25.7 Å². The van der Waals surface area contributed by atoms with Crippen LogP contribution in [-0.4, -0.2) is 23.9 Å². The first-order valence-corrected chi connectivity index (χ1v) is 5.93. The minimum absolute atomic E-state index is 0.314. The van der Waals surface area contributed by atoms with Crippen LogP contribution in [0.4, 0.5) is 0 Å². The molecule has 2 nitrogen and oxygen atoms in total. The maximum atomic E-state index is 11.3. The first kappa shape index (κ1) is 13.5. The summed E-state index contributed by atoms with van der Waals surface area (Å²) in [7, 11) is 0. The van der Waals surface area contributed by atoms with Gasteiger partial charge in [0, 0.05) is 19.5 Å². The van der Waals surface area contributed by atoms with Gasteiger partial charge in [0.05, 0.1) is 0 Å². The molecule has 0 aromatic rings. The normalized spacial score (nSPS) is 26.5. The monoisotopic (exact) mass is 199 g/mol. The van der Waals surface area contributed by atoms with Crippen molar-refractivity contribution in [1.82, 2.24) is 4.90 Å². The van der Waals surface area contributed by atoms with Crippen molar-refractivity contribution >= 4 is 5.91 Å². The zero-order valence-corrected chi connectivity index (χ0v) is 10.3. The molecule has 0 aliphatic carbocycles. The Morgan fingerprint density at radius 2 is 1.86 bits per heavy atom. The van der Waals surface area contributed by atoms with Gasteiger partial charge in [-0.1, -0.05) is 34.6 Å². The molecule has 84 valence electrons. The Balaban J connectivity index is 0.000000791. The van der Waals surface area contributed by atoms with Gasteiger partial charge in [0.15, 0.2) is 0 Å². The van der Waals surface area contributed by atoms with Gasteiger partial charge in [-0.15, -0.1) is 0 Å². The molecule has 0 saturated carbocycles. The van der Waals surface area contributed by atoms with Gasteiger partial charge in [0.2, 0.25) is 5.91 Å². The molecular formula is C12H25NO. The zero-order valence-electron chi connectivity index (χ0n) is 10.3. The van der Waals surface area contributed by atoms with E-state index in [-0.39, 0.29) is 0 Å². The standard InChI is InChI=1S/C10H19NO.C2H6/c1-4-10(12)11-6-5-8(2)9(3)7-11;1-2/h8-9H,4-7H2,1-3H3;1-2H3. The van der Waals surface area contributed by atoms with E-state index in [0.717, 1.165) is 19.0 Å². The van der Waals surface area contributed by atoms with E-state index in [0.29, 0.717) is 18.2 Å². The average molecular weight is 199 g/mol. The Labute approximate surface area is 88.7 Å². The second-order valence-corrected chi connectivity index (χ2v) is 3.94. The van der Waals surface area contributed by atoms with Crippen molar-refractivity contribution in [3.63, 3.8) is 0 Å². The third kappa shape index (κ3) is 3.69. The van der Waals surface area contributed by atoms with Crippen LogP contribution in [0.5, 0.6) is 0 Å². The molecule has 1 rings (SSSR count). The van der Waals surface area contributed by atoms with Crippen molar-refractivity contribution in [3.8, 4) is 0 Å². The Morgan fingerprint density at radius 3 is 2.29 bits per heavy atom. The van der Waals surface area contributed by atoms with Crippen molar-refractivity contribution in [1.29, 1.82) is 0 Å². The van der Waals surface area contributed by atoms with E-state index in [1.165, 1.54) is 6.42 Å². The lowest BCUT2D eigenvalue weighted by molar-refractivity contribution is -0.133. The number of carbonyl (C=O) groups is 1. The van der Waals surface area contributed by atoms with E-state index in [4.69, 9.17) is 0 Å². The lowest BCUT2D eigenvalue weighted by Crippen LogP contribution is -2.41. The summed E-state index contributed by atoms with van der Waals surface area (Å²) >= 11 is 0. The predicted octanol–water partition coefficient (Wildman–Crippen LogP) is 2.93. The lowest BCUT2D eigenvalue weighted by atomic mass is 9.88. The number of rotatable bonds is 1. The molecule has 2 unspecified atom stereocenters. The number of hydrogen-bond donors (Lipinski definition) is 0. The number of nitrogens with zero attached hydrogens (tertiary/aromatic N) is 1. The first-order chi connectivity index (χ1) is 6.65. The van der Waals surface area contributed by atoms with Gasteiger partial charge in [-0.3, -0.25) is 4.79 Å². The molecule has 1 aliphatic heterocycles. The molecule has 1 aliphatic rings. The summed E-state index contributed by atoms with van der Waals surface area (Å²) in [4.78, 5) is 13.3. The molecule has 14 heavy (non-hydrogen) atoms. The van der Waals surface area contributed by atoms with Gasteiger partial charge in [-0.25, -0.2) is 0 Å². The van der Waals surface area contributed by atoms with Crippen molar-refractivity contribution in [2.75, 3.05) is 13.1 Å². The minimum Gasteiger partial charge on any atom is -0.342 e. The van der Waals surface area contributed by atoms with Crippen LogP contribution in [0.1, 0.15) is 47.5 Å². The molecule has 0 radical (unpaired) electrons. The van der Waals surface area contributed by atoms with Crippen molar-refractivity contribution in [3.05, 3.63) is 0 Å². The largest absolute Gasteiger partial charge is 0.342 e. The fourth-order valence-corrected chi connectivity index (χ4v) is 1.71. The fourth-order valence-electron chi connectivity index (χ4n) is 1.71. The van der Waals surface area contributed by atoms with Gasteiger partial charge in [-0.05, 0) is 18.3 Å². The molecule has 0 N–H and O–H groups in total. The molecule has 0 aromatic carbocycles. The summed E-state index contributed by atoms with van der Waals surface area (Å²) < 4.78 is 0. The van der Waals surface area contributed by atoms with Crippen LogP contribution in [0.2, 0.25) is 0 Å². The topological polar surface area (TPSA) is 20.3 Å². The smallest absolute Gasteiger partial charge is 0.222 e. The van der Waals surface area contributed by atoms with Gasteiger partial charge in [0.25, 0.3) is 0 Å². The number of likely N-dealkylation sites (tertiary alicyclic amines) is 1. The second kappa shape index (κ2) is 6.86. The van der Waals surface area contributed by atoms with Crippen LogP contribution in [0, 0.1) is 11.8 Å². The fraction of sp³-hybridized carbons (Fsp3) is 0.917. The van der Waals surface area contributed by atoms with Crippen molar-refractivity contribution in [2.45, 2.75) is 47.5 Å². The maximum absolute atomic E-state index is 11.3. The molecule has 1 amide bonds. The summed E-state index contributed by atoms with van der Waals surface area (Å²) in [6.07, 6.45) is 1.83. The molecule has 2 atom stereocenters. The Kier molecular flexibility index (Phi) is 6.60. The highest BCUT2D eigenvalue weighted by Gasteiger charge is 2.24. The molecule has 0 spiro atoms. The number of carbonyl (C=O) groups excluding carboxylic acids is 1. The zero-order chi connectivity index (χ0) is 11.1. The number of amides is 1. The summed E-state index contributed by atoms with van der Waals surface area (Å²) in [5.74, 6) is 1.77. The highest BCUT2D eigenvalue weighted by atomic mass is 16.2. The molecule has 1 heterocycles. The van der Waals surface area contributed by atoms with Crippen LogP contribution in [0.15, 0.2) is 0 Å². The first-order valence-electron chi connectivity index (χ1n) is 5.93. The lowest BCUT2D eigenvalue weighted by Gasteiger charge is -2.35. The maximum Gasteiger partial charge on any atom is 0.222 e. The van der Waals surface area contributed by atoms with Crippen LogP contribution < -0.4 is 0 Å². The minimum atomic E-state index is 0.314. The molecule has 2 heteroatoms. The van der Waals surface area contributed by atoms with Crippen LogP contribution >= 0.6 is 0 Å². The summed E-state index contributed by atoms with van der Waals surface area (Å²) in [5.41, 5.74) is 0. The van der Waals surface area contributed by atoms with Gasteiger partial charge >= 0.3 is 0 Å². The van der Waals surface area contributed by atoms with Gasteiger partial charge < -0.3 is 4.90 Å². The predicted molar refractivity (Wildman–Crippen MR) is 61.2 cm³/mol. The highest BCUT2D eigenvalue weighted by Crippen LogP contribution is 2.22. The third-order valence-electron chi connectivity index (χ3n) is 2.99. The summed E-state index contributed by atoms with van der Waals surface area (Å²) in [6, 6.07) is 0. The Hall–Kier alpha value is -0.530. The third-order valence-corrected chi connectivity index (χ3v) is 2.99. The van der Waals surface area contributed by atoms with Crippen molar-refractivity contribution < 1.29 is 4.79 Å². The van der Waals surface area contributed by atoms with Crippen LogP contribution in [0.25, 0.3) is 0 Å². The van der Waals surface area contributed by atoms with E-state index in [1.54, 1.807) is 0 Å². The number of piperidine rings is 1. The Bertz CT molecular complexity index is 168. The molecule has 0 bridgehead atoms. The summed E-state index contributed by atoms with van der Waals surface area (Å²) in [5, 5.41) is 0. The Morgan fingerprint density at radius 1 is 1.29 bits per heavy atom. The van der Waals surface area contributed by atoms with E-state index in [2.05, 4.69) is 13.8 Å². The molecular weight excluding hydrogens is 174 g/mol. The van der Waals surface area contributed by atoms with Crippen LogP contribution in [-0.2, 0) is 4.79 Å². The molecule has 1 fully saturated rings. The van der Waals surface area contributed by atoms with Gasteiger partial charge in [-0.2, -0.15) is 0 Å². The summed E-state index contributed by atoms with van der Waals surface area (Å²) in [6.45, 7) is 12.4. The second-order valence-electron chi connectivity index (χ2n) is 3.94. The van der Waals surface area contributed by atoms with Crippen LogP contribution in [0.3, 0.4) is 0 Å². The molecule has 0 aromatic heterocycles. The SMILES string of the molecule is CC.CCC(=O)N1CCC(C)C(C)C1. The molecule has 1 saturated heterocycles. The van der Waals surface area contributed by atoms with Gasteiger partial charge in [0.1, 0.15) is 0 Å². The van der Waals surface area contributed by atoms with E-state index < -0.39 is 0 Å². The van der Waals surface area contributed by atoms with E-state index >= 15 is 0 Å². The average Bonchev–Trinajstić information content (AvgIpc) is 2.24.